The fraction of sp³-hybridized carbons (Fsp3) is 0.400. The third-order valence-electron chi connectivity index (χ3n) is 2.48. The number of alkyl halides is 2. The van der Waals surface area contributed by atoms with Crippen LogP contribution in [-0.4, -0.2) is 17.6 Å². The highest BCUT2D eigenvalue weighted by atomic mass is 19.3. The molecular weight excluding hydrogens is 188 g/mol. The van der Waals surface area contributed by atoms with Crippen molar-refractivity contribution >= 4 is 0 Å². The molecule has 1 unspecified atom stereocenters. The average Bonchev–Trinajstić information content (AvgIpc) is 2.46. The van der Waals surface area contributed by atoms with E-state index < -0.39 is 12.0 Å². The Morgan fingerprint density at radius 3 is 2.64 bits per heavy atom. The highest BCUT2D eigenvalue weighted by molar-refractivity contribution is 5.36. The van der Waals surface area contributed by atoms with Gasteiger partial charge in [-0.15, -0.1) is 0 Å². The second kappa shape index (κ2) is 3.20. The van der Waals surface area contributed by atoms with E-state index in [-0.39, 0.29) is 24.3 Å². The Bertz CT molecular complexity index is 341. The summed E-state index contributed by atoms with van der Waals surface area (Å²) in [7, 11) is 0. The Labute approximate surface area is 80.6 Å². The van der Waals surface area contributed by atoms with Crippen LogP contribution >= 0.6 is 0 Å². The fourth-order valence-corrected chi connectivity index (χ4v) is 1.75. The molecule has 1 aliphatic rings. The molecule has 4 heteroatoms. The zero-order valence-corrected chi connectivity index (χ0v) is 7.50. The molecule has 2 nitrogen and oxygen atoms in total. The number of aromatic hydroxyl groups is 1. The first-order chi connectivity index (χ1) is 6.61. The van der Waals surface area contributed by atoms with Gasteiger partial charge in [0.25, 0.3) is 5.92 Å². The minimum absolute atomic E-state index is 0.0772. The maximum atomic E-state index is 13.3. The van der Waals surface area contributed by atoms with Crippen molar-refractivity contribution in [3.63, 3.8) is 0 Å². The van der Waals surface area contributed by atoms with Crippen molar-refractivity contribution in [3.05, 3.63) is 29.8 Å². The standard InChI is InChI=1S/C10H11F2NO/c11-10(12)5-6-13-9(10)7-3-1-2-4-8(7)14/h1-4,9,13-14H,5-6H2. The SMILES string of the molecule is Oc1ccccc1C1NCCC1(F)F. The lowest BCUT2D eigenvalue weighted by Gasteiger charge is -2.19. The summed E-state index contributed by atoms with van der Waals surface area (Å²) >= 11 is 0. The summed E-state index contributed by atoms with van der Waals surface area (Å²) in [5, 5.41) is 12.1. The van der Waals surface area contributed by atoms with Gasteiger partial charge in [0.15, 0.2) is 0 Å². The van der Waals surface area contributed by atoms with E-state index in [0.29, 0.717) is 0 Å². The monoisotopic (exact) mass is 199 g/mol. The van der Waals surface area contributed by atoms with Gasteiger partial charge in [-0.25, -0.2) is 8.78 Å². The molecule has 1 fully saturated rings. The third kappa shape index (κ3) is 1.46. The second-order valence-corrected chi connectivity index (χ2v) is 3.46. The zero-order valence-electron chi connectivity index (χ0n) is 7.50. The van der Waals surface area contributed by atoms with Gasteiger partial charge in [-0.05, 0) is 6.07 Å². The lowest BCUT2D eigenvalue weighted by atomic mass is 10.0. The van der Waals surface area contributed by atoms with Crippen molar-refractivity contribution in [3.8, 4) is 5.75 Å². The summed E-state index contributed by atoms with van der Waals surface area (Å²) in [6.07, 6.45) is -0.175. The predicted molar refractivity (Wildman–Crippen MR) is 48.4 cm³/mol. The average molecular weight is 199 g/mol. The van der Waals surface area contributed by atoms with Gasteiger partial charge in [0, 0.05) is 18.5 Å². The van der Waals surface area contributed by atoms with Crippen molar-refractivity contribution in [1.29, 1.82) is 0 Å². The minimum Gasteiger partial charge on any atom is -0.508 e. The predicted octanol–water partition coefficient (Wildman–Crippen LogP) is 2.06. The van der Waals surface area contributed by atoms with Gasteiger partial charge in [0.1, 0.15) is 11.8 Å². The molecular formula is C10H11F2NO. The van der Waals surface area contributed by atoms with Crippen molar-refractivity contribution < 1.29 is 13.9 Å². The molecule has 0 aromatic heterocycles. The molecule has 1 saturated heterocycles. The molecule has 1 heterocycles. The molecule has 1 aliphatic heterocycles. The first-order valence-electron chi connectivity index (χ1n) is 4.50. The number of nitrogens with one attached hydrogen (secondary N) is 1. The van der Waals surface area contributed by atoms with Crippen molar-refractivity contribution in [1.82, 2.24) is 5.32 Å². The maximum absolute atomic E-state index is 13.3. The van der Waals surface area contributed by atoms with E-state index in [9.17, 15) is 13.9 Å². The van der Waals surface area contributed by atoms with Crippen LogP contribution in [0.25, 0.3) is 0 Å². The van der Waals surface area contributed by atoms with E-state index in [1.807, 2.05) is 0 Å². The zero-order chi connectivity index (χ0) is 10.2. The van der Waals surface area contributed by atoms with Crippen LogP contribution in [0.1, 0.15) is 18.0 Å². The van der Waals surface area contributed by atoms with Crippen LogP contribution in [0.3, 0.4) is 0 Å². The number of rotatable bonds is 1. The summed E-state index contributed by atoms with van der Waals surface area (Å²) in [6.45, 7) is 0.284. The first kappa shape index (κ1) is 9.40. The van der Waals surface area contributed by atoms with Gasteiger partial charge < -0.3 is 10.4 Å². The third-order valence-corrected chi connectivity index (χ3v) is 2.48. The van der Waals surface area contributed by atoms with Gasteiger partial charge in [-0.1, -0.05) is 18.2 Å². The first-order valence-corrected chi connectivity index (χ1v) is 4.50. The van der Waals surface area contributed by atoms with Gasteiger partial charge in [-0.2, -0.15) is 0 Å². The van der Waals surface area contributed by atoms with E-state index >= 15 is 0 Å². The van der Waals surface area contributed by atoms with E-state index in [1.165, 1.54) is 12.1 Å². The largest absolute Gasteiger partial charge is 0.508 e. The molecule has 0 saturated carbocycles. The molecule has 0 spiro atoms. The van der Waals surface area contributed by atoms with Crippen molar-refractivity contribution in [2.24, 2.45) is 0 Å². The Kier molecular flexibility index (Phi) is 2.15. The van der Waals surface area contributed by atoms with Crippen LogP contribution < -0.4 is 5.32 Å². The van der Waals surface area contributed by atoms with Crippen LogP contribution in [0.15, 0.2) is 24.3 Å². The van der Waals surface area contributed by atoms with Crippen LogP contribution in [-0.2, 0) is 0 Å². The molecule has 14 heavy (non-hydrogen) atoms. The number of benzene rings is 1. The van der Waals surface area contributed by atoms with Crippen LogP contribution in [0.2, 0.25) is 0 Å². The smallest absolute Gasteiger partial charge is 0.268 e. The number of hydrogen-bond acceptors (Lipinski definition) is 2. The number of para-hydroxylation sites is 1. The fourth-order valence-electron chi connectivity index (χ4n) is 1.75. The molecule has 0 radical (unpaired) electrons. The van der Waals surface area contributed by atoms with Crippen molar-refractivity contribution in [2.45, 2.75) is 18.4 Å². The normalized spacial score (nSPS) is 25.1. The van der Waals surface area contributed by atoms with E-state index in [1.54, 1.807) is 12.1 Å². The summed E-state index contributed by atoms with van der Waals surface area (Å²) in [5.41, 5.74) is 0.273. The lowest BCUT2D eigenvalue weighted by Crippen LogP contribution is -2.26. The molecule has 1 aromatic rings. The molecule has 0 aliphatic carbocycles. The molecule has 1 aromatic carbocycles. The number of phenols is 1. The molecule has 76 valence electrons. The molecule has 2 N–H and O–H groups in total. The molecule has 2 rings (SSSR count). The van der Waals surface area contributed by atoms with Crippen LogP contribution in [0.5, 0.6) is 5.75 Å². The van der Waals surface area contributed by atoms with E-state index in [0.717, 1.165) is 0 Å². The van der Waals surface area contributed by atoms with Gasteiger partial charge in [0.05, 0.1) is 0 Å². The maximum Gasteiger partial charge on any atom is 0.268 e. The summed E-state index contributed by atoms with van der Waals surface area (Å²) in [6, 6.07) is 5.15. The Balaban J connectivity index is 2.36. The quantitative estimate of drug-likeness (QED) is 0.725. The van der Waals surface area contributed by atoms with Crippen LogP contribution in [0.4, 0.5) is 8.78 Å². The topological polar surface area (TPSA) is 32.3 Å². The summed E-state index contributed by atoms with van der Waals surface area (Å²) in [5.74, 6) is -2.84. The second-order valence-electron chi connectivity index (χ2n) is 3.46. The number of phenolic OH excluding ortho intramolecular Hbond substituents is 1. The van der Waals surface area contributed by atoms with E-state index in [4.69, 9.17) is 0 Å². The highest BCUT2D eigenvalue weighted by Crippen LogP contribution is 2.40. The molecule has 0 amide bonds. The summed E-state index contributed by atoms with van der Waals surface area (Å²) < 4.78 is 26.6. The number of hydrogen-bond donors (Lipinski definition) is 2. The van der Waals surface area contributed by atoms with Crippen LogP contribution in [0, 0.1) is 0 Å². The minimum atomic E-state index is -2.77. The van der Waals surface area contributed by atoms with E-state index in [2.05, 4.69) is 5.32 Å². The van der Waals surface area contributed by atoms with Gasteiger partial charge in [-0.3, -0.25) is 0 Å². The Morgan fingerprint density at radius 2 is 2.07 bits per heavy atom. The molecule has 1 atom stereocenters. The summed E-state index contributed by atoms with van der Waals surface area (Å²) in [4.78, 5) is 0. The molecule has 0 bridgehead atoms. The Hall–Kier alpha value is -1.16. The Morgan fingerprint density at radius 1 is 1.36 bits per heavy atom. The number of halogens is 2. The van der Waals surface area contributed by atoms with Crippen molar-refractivity contribution in [2.75, 3.05) is 6.54 Å². The van der Waals surface area contributed by atoms with Gasteiger partial charge in [0.2, 0.25) is 0 Å². The van der Waals surface area contributed by atoms with Gasteiger partial charge >= 0.3 is 0 Å². The highest BCUT2D eigenvalue weighted by Gasteiger charge is 2.45. The lowest BCUT2D eigenvalue weighted by molar-refractivity contribution is -0.0123.